The lowest BCUT2D eigenvalue weighted by Crippen LogP contribution is -2.15. The zero-order valence-corrected chi connectivity index (χ0v) is 9.28. The van der Waals surface area contributed by atoms with E-state index in [1.165, 1.54) is 6.07 Å². The first kappa shape index (κ1) is 12.0. The van der Waals surface area contributed by atoms with Gasteiger partial charge in [-0.3, -0.25) is 4.79 Å². The highest BCUT2D eigenvalue weighted by atomic mass is 19.1. The first-order valence-electron chi connectivity index (χ1n) is 5.19. The van der Waals surface area contributed by atoms with Crippen LogP contribution in [0, 0.1) is 11.6 Å². The highest BCUT2D eigenvalue weighted by Gasteiger charge is 2.12. The van der Waals surface area contributed by atoms with Gasteiger partial charge in [-0.1, -0.05) is 12.1 Å². The standard InChI is InChI=1S/C13H10F2N2O/c14-8-5-6-10(15)12(7-8)17-13(18)9-3-1-2-4-11(9)16/h1-7H,16H2,(H,17,18). The van der Waals surface area contributed by atoms with Crippen LogP contribution in [0.4, 0.5) is 20.2 Å². The van der Waals surface area contributed by atoms with Gasteiger partial charge >= 0.3 is 0 Å². The molecule has 1 amide bonds. The van der Waals surface area contributed by atoms with Crippen molar-refractivity contribution in [1.82, 2.24) is 0 Å². The second-order valence-electron chi connectivity index (χ2n) is 3.67. The molecule has 92 valence electrons. The van der Waals surface area contributed by atoms with E-state index >= 15 is 0 Å². The molecule has 5 heteroatoms. The van der Waals surface area contributed by atoms with E-state index in [9.17, 15) is 13.6 Å². The number of halogens is 2. The van der Waals surface area contributed by atoms with Crippen LogP contribution >= 0.6 is 0 Å². The van der Waals surface area contributed by atoms with E-state index < -0.39 is 17.5 Å². The third-order valence-electron chi connectivity index (χ3n) is 2.38. The van der Waals surface area contributed by atoms with Gasteiger partial charge in [0.25, 0.3) is 5.91 Å². The monoisotopic (exact) mass is 248 g/mol. The maximum atomic E-state index is 13.3. The number of nitrogens with two attached hydrogens (primary N) is 1. The minimum Gasteiger partial charge on any atom is -0.398 e. The number of carbonyl (C=O) groups excluding carboxylic acids is 1. The molecule has 2 rings (SSSR count). The summed E-state index contributed by atoms with van der Waals surface area (Å²) in [4.78, 5) is 11.8. The van der Waals surface area contributed by atoms with Crippen molar-refractivity contribution < 1.29 is 13.6 Å². The van der Waals surface area contributed by atoms with Crippen LogP contribution in [0.5, 0.6) is 0 Å². The summed E-state index contributed by atoms with van der Waals surface area (Å²) in [6, 6.07) is 9.19. The summed E-state index contributed by atoms with van der Waals surface area (Å²) in [7, 11) is 0. The molecule has 2 aromatic rings. The maximum absolute atomic E-state index is 13.3. The van der Waals surface area contributed by atoms with Gasteiger partial charge in [-0.2, -0.15) is 0 Å². The molecule has 0 spiro atoms. The van der Waals surface area contributed by atoms with Gasteiger partial charge in [-0.25, -0.2) is 8.78 Å². The van der Waals surface area contributed by atoms with Gasteiger partial charge in [0, 0.05) is 11.8 Å². The van der Waals surface area contributed by atoms with E-state index in [2.05, 4.69) is 5.32 Å². The molecule has 0 atom stereocenters. The average Bonchev–Trinajstić information content (AvgIpc) is 2.34. The smallest absolute Gasteiger partial charge is 0.257 e. The highest BCUT2D eigenvalue weighted by Crippen LogP contribution is 2.18. The van der Waals surface area contributed by atoms with Crippen LogP contribution in [-0.4, -0.2) is 5.91 Å². The largest absolute Gasteiger partial charge is 0.398 e. The second-order valence-corrected chi connectivity index (χ2v) is 3.67. The van der Waals surface area contributed by atoms with Crippen LogP contribution in [0.2, 0.25) is 0 Å². The fraction of sp³-hybridized carbons (Fsp3) is 0. The van der Waals surface area contributed by atoms with Crippen molar-refractivity contribution in [2.24, 2.45) is 0 Å². The Bertz CT molecular complexity index is 599. The number of para-hydroxylation sites is 1. The van der Waals surface area contributed by atoms with Gasteiger partial charge < -0.3 is 11.1 Å². The third kappa shape index (κ3) is 2.45. The van der Waals surface area contributed by atoms with E-state index in [1.54, 1.807) is 18.2 Å². The van der Waals surface area contributed by atoms with Crippen molar-refractivity contribution in [2.45, 2.75) is 0 Å². The van der Waals surface area contributed by atoms with Crippen LogP contribution in [0.3, 0.4) is 0 Å². The summed E-state index contributed by atoms with van der Waals surface area (Å²) in [5, 5.41) is 2.27. The lowest BCUT2D eigenvalue weighted by atomic mass is 10.1. The van der Waals surface area contributed by atoms with Gasteiger partial charge in [0.15, 0.2) is 0 Å². The molecule has 0 heterocycles. The number of benzene rings is 2. The summed E-state index contributed by atoms with van der Waals surface area (Å²) in [5.74, 6) is -1.93. The van der Waals surface area contributed by atoms with Crippen LogP contribution in [0.25, 0.3) is 0 Å². The molecule has 0 bridgehead atoms. The lowest BCUT2D eigenvalue weighted by Gasteiger charge is -2.08. The Kier molecular flexibility index (Phi) is 3.23. The van der Waals surface area contributed by atoms with Crippen molar-refractivity contribution in [3.05, 3.63) is 59.7 Å². The quantitative estimate of drug-likeness (QED) is 0.803. The van der Waals surface area contributed by atoms with Gasteiger partial charge in [-0.05, 0) is 24.3 Å². The Hall–Kier alpha value is -2.43. The minimum atomic E-state index is -0.709. The molecule has 3 nitrogen and oxygen atoms in total. The summed E-state index contributed by atoms with van der Waals surface area (Å²) >= 11 is 0. The number of rotatable bonds is 2. The fourth-order valence-electron chi connectivity index (χ4n) is 1.49. The third-order valence-corrected chi connectivity index (χ3v) is 2.38. The number of amides is 1. The molecule has 0 aliphatic carbocycles. The topological polar surface area (TPSA) is 55.1 Å². The van der Waals surface area contributed by atoms with Crippen molar-refractivity contribution in [1.29, 1.82) is 0 Å². The number of hydrogen-bond donors (Lipinski definition) is 2. The highest BCUT2D eigenvalue weighted by molar-refractivity contribution is 6.07. The molecule has 0 aliphatic heterocycles. The van der Waals surface area contributed by atoms with E-state index in [0.717, 1.165) is 18.2 Å². The first-order chi connectivity index (χ1) is 8.58. The fourth-order valence-corrected chi connectivity index (χ4v) is 1.49. The number of anilines is 2. The van der Waals surface area contributed by atoms with Gasteiger partial charge in [0.2, 0.25) is 0 Å². The average molecular weight is 248 g/mol. The van der Waals surface area contributed by atoms with Crippen molar-refractivity contribution >= 4 is 17.3 Å². The molecule has 0 saturated carbocycles. The van der Waals surface area contributed by atoms with Crippen LogP contribution in [-0.2, 0) is 0 Å². The summed E-state index contributed by atoms with van der Waals surface area (Å²) in [5.41, 5.74) is 5.87. The summed E-state index contributed by atoms with van der Waals surface area (Å²) in [6.07, 6.45) is 0. The Labute approximate surface area is 102 Å². The normalized spacial score (nSPS) is 10.1. The molecule has 0 aliphatic rings. The maximum Gasteiger partial charge on any atom is 0.257 e. The molecule has 0 saturated heterocycles. The minimum absolute atomic E-state index is 0.209. The summed E-state index contributed by atoms with van der Waals surface area (Å²) < 4.78 is 26.3. The van der Waals surface area contributed by atoms with E-state index in [0.29, 0.717) is 0 Å². The molecular formula is C13H10F2N2O. The molecule has 18 heavy (non-hydrogen) atoms. The Morgan fingerprint density at radius 3 is 2.56 bits per heavy atom. The predicted molar refractivity (Wildman–Crippen MR) is 65.2 cm³/mol. The SMILES string of the molecule is Nc1ccccc1C(=O)Nc1cc(F)ccc1F. The molecule has 2 aromatic carbocycles. The van der Waals surface area contributed by atoms with Crippen LogP contribution in [0.1, 0.15) is 10.4 Å². The predicted octanol–water partition coefficient (Wildman–Crippen LogP) is 2.80. The molecule has 3 N–H and O–H groups in total. The Morgan fingerprint density at radius 1 is 1.11 bits per heavy atom. The lowest BCUT2D eigenvalue weighted by molar-refractivity contribution is 0.102. The van der Waals surface area contributed by atoms with Crippen molar-refractivity contribution in [3.63, 3.8) is 0 Å². The molecule has 0 fully saturated rings. The van der Waals surface area contributed by atoms with Crippen LogP contribution in [0.15, 0.2) is 42.5 Å². The van der Waals surface area contributed by atoms with E-state index in [1.807, 2.05) is 0 Å². The first-order valence-corrected chi connectivity index (χ1v) is 5.19. The Balaban J connectivity index is 2.27. The van der Waals surface area contributed by atoms with Crippen LogP contribution < -0.4 is 11.1 Å². The van der Waals surface area contributed by atoms with Crippen molar-refractivity contribution in [2.75, 3.05) is 11.1 Å². The van der Waals surface area contributed by atoms with Crippen molar-refractivity contribution in [3.8, 4) is 0 Å². The number of nitrogen functional groups attached to an aromatic ring is 1. The second kappa shape index (κ2) is 4.83. The van der Waals surface area contributed by atoms with Gasteiger partial charge in [0.1, 0.15) is 11.6 Å². The van der Waals surface area contributed by atoms with Gasteiger partial charge in [-0.15, -0.1) is 0 Å². The molecule has 0 radical (unpaired) electrons. The number of nitrogens with one attached hydrogen (secondary N) is 1. The molecular weight excluding hydrogens is 238 g/mol. The molecule has 0 aromatic heterocycles. The summed E-state index contributed by atoms with van der Waals surface area (Å²) in [6.45, 7) is 0. The van der Waals surface area contributed by atoms with Gasteiger partial charge in [0.05, 0.1) is 11.3 Å². The van der Waals surface area contributed by atoms with E-state index in [-0.39, 0.29) is 16.9 Å². The molecule has 0 unspecified atom stereocenters. The zero-order chi connectivity index (χ0) is 13.1. The Morgan fingerprint density at radius 2 is 1.83 bits per heavy atom. The zero-order valence-electron chi connectivity index (χ0n) is 9.28. The number of carbonyl (C=O) groups is 1. The van der Waals surface area contributed by atoms with E-state index in [4.69, 9.17) is 5.73 Å². The number of hydrogen-bond acceptors (Lipinski definition) is 2.